The Hall–Kier alpha value is -1.11. The molecule has 1 aromatic carbocycles. The van der Waals surface area contributed by atoms with Gasteiger partial charge in [-0.3, -0.25) is 4.79 Å². The van der Waals surface area contributed by atoms with Crippen molar-refractivity contribution in [1.29, 1.82) is 0 Å². The molecule has 1 atom stereocenters. The molecule has 1 aliphatic rings. The summed E-state index contributed by atoms with van der Waals surface area (Å²) in [5, 5.41) is 0. The first-order valence-corrected chi connectivity index (χ1v) is 6.54. The Kier molecular flexibility index (Phi) is 3.11. The van der Waals surface area contributed by atoms with Gasteiger partial charge in [0, 0.05) is 11.5 Å². The summed E-state index contributed by atoms with van der Waals surface area (Å²) in [7, 11) is 0. The highest BCUT2D eigenvalue weighted by molar-refractivity contribution is 6.00. The maximum absolute atomic E-state index is 12.6. The molecule has 0 aliphatic heterocycles. The first-order chi connectivity index (χ1) is 7.93. The molecule has 1 aromatic rings. The Morgan fingerprint density at radius 1 is 1.29 bits per heavy atom. The number of ketones is 1. The summed E-state index contributed by atoms with van der Waals surface area (Å²) < 4.78 is 0. The molecule has 0 radical (unpaired) electrons. The van der Waals surface area contributed by atoms with Crippen LogP contribution in [0.15, 0.2) is 18.2 Å². The minimum absolute atomic E-state index is 0.174. The van der Waals surface area contributed by atoms with Gasteiger partial charge in [-0.1, -0.05) is 38.5 Å². The standard InChI is InChI=1S/C16H22O/c1-11-7-5-8-13(12(11)2)15(17)14-9-6-10-16(14,3)4/h5,7-8,14H,6,9-10H2,1-4H3. The van der Waals surface area contributed by atoms with E-state index in [-0.39, 0.29) is 11.3 Å². The molecule has 1 heteroatoms. The topological polar surface area (TPSA) is 17.1 Å². The summed E-state index contributed by atoms with van der Waals surface area (Å²) in [6.07, 6.45) is 3.42. The fraction of sp³-hybridized carbons (Fsp3) is 0.562. The van der Waals surface area contributed by atoms with Gasteiger partial charge < -0.3 is 0 Å². The van der Waals surface area contributed by atoms with Crippen LogP contribution in [0.25, 0.3) is 0 Å². The molecule has 17 heavy (non-hydrogen) atoms. The highest BCUT2D eigenvalue weighted by Gasteiger charge is 2.39. The van der Waals surface area contributed by atoms with Crippen molar-refractivity contribution in [1.82, 2.24) is 0 Å². The van der Waals surface area contributed by atoms with E-state index in [0.29, 0.717) is 5.78 Å². The van der Waals surface area contributed by atoms with E-state index in [4.69, 9.17) is 0 Å². The number of carbonyl (C=O) groups excluding carboxylic acids is 1. The third kappa shape index (κ3) is 2.15. The van der Waals surface area contributed by atoms with E-state index in [9.17, 15) is 4.79 Å². The summed E-state index contributed by atoms with van der Waals surface area (Å²) in [5.41, 5.74) is 3.48. The molecule has 1 nitrogen and oxygen atoms in total. The van der Waals surface area contributed by atoms with Crippen LogP contribution in [0, 0.1) is 25.2 Å². The highest BCUT2D eigenvalue weighted by Crippen LogP contribution is 2.44. The molecule has 0 heterocycles. The van der Waals surface area contributed by atoms with Crippen LogP contribution in [0.5, 0.6) is 0 Å². The SMILES string of the molecule is Cc1cccc(C(=O)C2CCCC2(C)C)c1C. The fourth-order valence-corrected chi connectivity index (χ4v) is 3.02. The minimum Gasteiger partial charge on any atom is -0.294 e. The van der Waals surface area contributed by atoms with Crippen LogP contribution in [0.4, 0.5) is 0 Å². The average Bonchev–Trinajstić information content (AvgIpc) is 2.61. The van der Waals surface area contributed by atoms with E-state index in [2.05, 4.69) is 33.8 Å². The van der Waals surface area contributed by atoms with E-state index in [1.165, 1.54) is 18.4 Å². The maximum atomic E-state index is 12.6. The lowest BCUT2D eigenvalue weighted by molar-refractivity contribution is 0.0838. The summed E-state index contributed by atoms with van der Waals surface area (Å²) in [6, 6.07) is 6.06. The second kappa shape index (κ2) is 4.29. The molecule has 0 amide bonds. The van der Waals surface area contributed by atoms with Crippen molar-refractivity contribution in [3.8, 4) is 0 Å². The van der Waals surface area contributed by atoms with Crippen molar-refractivity contribution in [2.75, 3.05) is 0 Å². The zero-order valence-corrected chi connectivity index (χ0v) is 11.3. The van der Waals surface area contributed by atoms with Crippen molar-refractivity contribution in [3.63, 3.8) is 0 Å². The average molecular weight is 230 g/mol. The first kappa shape index (κ1) is 12.3. The van der Waals surface area contributed by atoms with Gasteiger partial charge in [0.05, 0.1) is 0 Å². The summed E-state index contributed by atoms with van der Waals surface area (Å²) >= 11 is 0. The Morgan fingerprint density at radius 2 is 2.00 bits per heavy atom. The van der Waals surface area contributed by atoms with Crippen LogP contribution in [-0.2, 0) is 0 Å². The van der Waals surface area contributed by atoms with E-state index in [1.807, 2.05) is 12.1 Å². The number of hydrogen-bond donors (Lipinski definition) is 0. The Morgan fingerprint density at radius 3 is 2.59 bits per heavy atom. The zero-order valence-electron chi connectivity index (χ0n) is 11.3. The molecule has 0 N–H and O–H groups in total. The molecular weight excluding hydrogens is 208 g/mol. The minimum atomic E-state index is 0.174. The van der Waals surface area contributed by atoms with Crippen molar-refractivity contribution in [2.45, 2.75) is 47.0 Å². The van der Waals surface area contributed by atoms with Gasteiger partial charge >= 0.3 is 0 Å². The smallest absolute Gasteiger partial charge is 0.166 e. The molecule has 2 rings (SSSR count). The number of aryl methyl sites for hydroxylation is 1. The number of rotatable bonds is 2. The van der Waals surface area contributed by atoms with Crippen LogP contribution in [0.3, 0.4) is 0 Å². The second-order valence-corrected chi connectivity index (χ2v) is 6.05. The Labute approximate surface area is 104 Å². The molecule has 0 spiro atoms. The monoisotopic (exact) mass is 230 g/mol. The van der Waals surface area contributed by atoms with Crippen molar-refractivity contribution in [3.05, 3.63) is 34.9 Å². The Bertz CT molecular complexity index is 443. The first-order valence-electron chi connectivity index (χ1n) is 6.54. The van der Waals surface area contributed by atoms with Gasteiger partial charge in [0.2, 0.25) is 0 Å². The van der Waals surface area contributed by atoms with Crippen LogP contribution >= 0.6 is 0 Å². The van der Waals surface area contributed by atoms with Gasteiger partial charge in [-0.2, -0.15) is 0 Å². The molecule has 0 bridgehead atoms. The van der Waals surface area contributed by atoms with E-state index < -0.39 is 0 Å². The van der Waals surface area contributed by atoms with Gasteiger partial charge in [0.25, 0.3) is 0 Å². The Balaban J connectivity index is 2.35. The van der Waals surface area contributed by atoms with Gasteiger partial charge in [0.1, 0.15) is 0 Å². The van der Waals surface area contributed by atoms with Gasteiger partial charge in [-0.05, 0) is 43.2 Å². The maximum Gasteiger partial charge on any atom is 0.166 e. The zero-order chi connectivity index (χ0) is 12.6. The number of carbonyl (C=O) groups is 1. The van der Waals surface area contributed by atoms with Crippen LogP contribution in [-0.4, -0.2) is 5.78 Å². The van der Waals surface area contributed by atoms with Crippen LogP contribution in [0.2, 0.25) is 0 Å². The molecule has 1 aliphatic carbocycles. The molecule has 92 valence electrons. The van der Waals surface area contributed by atoms with E-state index in [0.717, 1.165) is 17.5 Å². The van der Waals surface area contributed by atoms with Crippen LogP contribution in [0.1, 0.15) is 54.6 Å². The fourth-order valence-electron chi connectivity index (χ4n) is 3.02. The van der Waals surface area contributed by atoms with E-state index in [1.54, 1.807) is 0 Å². The summed E-state index contributed by atoms with van der Waals surface area (Å²) in [4.78, 5) is 12.6. The second-order valence-electron chi connectivity index (χ2n) is 6.05. The van der Waals surface area contributed by atoms with Gasteiger partial charge in [-0.15, -0.1) is 0 Å². The largest absolute Gasteiger partial charge is 0.294 e. The van der Waals surface area contributed by atoms with Crippen molar-refractivity contribution < 1.29 is 4.79 Å². The molecule has 0 aromatic heterocycles. The highest BCUT2D eigenvalue weighted by atomic mass is 16.1. The van der Waals surface area contributed by atoms with Gasteiger partial charge in [-0.25, -0.2) is 0 Å². The quantitative estimate of drug-likeness (QED) is 0.692. The predicted molar refractivity (Wildman–Crippen MR) is 71.4 cm³/mol. The number of Topliss-reactive ketones (excluding diaryl/α,β-unsaturated/α-hetero) is 1. The lowest BCUT2D eigenvalue weighted by Gasteiger charge is -2.26. The lowest BCUT2D eigenvalue weighted by atomic mass is 9.77. The molecule has 1 unspecified atom stereocenters. The third-order valence-electron chi connectivity index (χ3n) is 4.44. The predicted octanol–water partition coefficient (Wildman–Crippen LogP) is 4.31. The molecule has 1 fully saturated rings. The lowest BCUT2D eigenvalue weighted by Crippen LogP contribution is -2.26. The number of benzene rings is 1. The summed E-state index contributed by atoms with van der Waals surface area (Å²) in [6.45, 7) is 8.60. The third-order valence-corrected chi connectivity index (χ3v) is 4.44. The van der Waals surface area contributed by atoms with Gasteiger partial charge in [0.15, 0.2) is 5.78 Å². The normalized spacial score (nSPS) is 22.7. The molecule has 0 saturated heterocycles. The summed E-state index contributed by atoms with van der Waals surface area (Å²) in [5.74, 6) is 0.566. The van der Waals surface area contributed by atoms with Crippen molar-refractivity contribution >= 4 is 5.78 Å². The number of hydrogen-bond acceptors (Lipinski definition) is 1. The molecule has 1 saturated carbocycles. The molecular formula is C16H22O. The van der Waals surface area contributed by atoms with Crippen molar-refractivity contribution in [2.24, 2.45) is 11.3 Å². The van der Waals surface area contributed by atoms with Crippen LogP contribution < -0.4 is 0 Å². The van der Waals surface area contributed by atoms with E-state index >= 15 is 0 Å².